The average Bonchev–Trinajstić information content (AvgIpc) is 3.50. The van der Waals surface area contributed by atoms with Gasteiger partial charge < -0.3 is 22.8 Å². The quantitative estimate of drug-likeness (QED) is 0.147. The molecule has 0 spiro atoms. The van der Waals surface area contributed by atoms with Gasteiger partial charge in [-0.1, -0.05) is 59.3 Å². The predicted octanol–water partition coefficient (Wildman–Crippen LogP) is 5.35. The van der Waals surface area contributed by atoms with Crippen molar-refractivity contribution in [2.24, 2.45) is 0 Å². The number of hydrogen-bond donors (Lipinski definition) is 0. The molecule has 0 aromatic heterocycles. The lowest BCUT2D eigenvalue weighted by atomic mass is 10.3. The fourth-order valence-corrected chi connectivity index (χ4v) is 5.48. The maximum absolute atomic E-state index is 6.35. The number of unbranched alkanes of at least 4 members (excludes halogenated alkanes) is 6. The van der Waals surface area contributed by atoms with Crippen LogP contribution in [0.25, 0.3) is 0 Å². The van der Waals surface area contributed by atoms with Crippen molar-refractivity contribution in [3.63, 3.8) is 0 Å². The number of hydrogen-bond acceptors (Lipinski definition) is 5. The highest BCUT2D eigenvalue weighted by atomic mass is 28.4. The van der Waals surface area contributed by atoms with Crippen LogP contribution in [0.1, 0.15) is 85.0 Å². The van der Waals surface area contributed by atoms with Crippen LogP contribution in [0.4, 0.5) is 0 Å². The normalized spacial score (nSPS) is 16.8. The molecule has 0 aromatic rings. The molecular weight excluding hydrogens is 360 g/mol. The molecule has 1 unspecified atom stereocenters. The van der Waals surface area contributed by atoms with E-state index in [0.29, 0.717) is 12.7 Å². The molecule has 0 radical (unpaired) electrons. The van der Waals surface area contributed by atoms with Gasteiger partial charge in [-0.25, -0.2) is 0 Å². The summed E-state index contributed by atoms with van der Waals surface area (Å²) in [7, 11) is -2.62. The molecule has 0 aliphatic carbocycles. The SMILES string of the molecule is CCCCCO[Si](CCCOCC1CO1)(OCCCCC)OCCCCC. The summed E-state index contributed by atoms with van der Waals surface area (Å²) in [5.41, 5.74) is 0. The second-order valence-electron chi connectivity index (χ2n) is 7.48. The van der Waals surface area contributed by atoms with Gasteiger partial charge in [0.2, 0.25) is 0 Å². The van der Waals surface area contributed by atoms with E-state index in [0.717, 1.165) is 64.8 Å². The molecule has 0 saturated carbocycles. The zero-order valence-electron chi connectivity index (χ0n) is 18.1. The molecule has 5 nitrogen and oxygen atoms in total. The van der Waals surface area contributed by atoms with Gasteiger partial charge in [0.25, 0.3) is 0 Å². The van der Waals surface area contributed by atoms with E-state index < -0.39 is 8.80 Å². The van der Waals surface area contributed by atoms with Crippen LogP contribution in [0.15, 0.2) is 0 Å². The van der Waals surface area contributed by atoms with E-state index in [1.54, 1.807) is 0 Å². The van der Waals surface area contributed by atoms with Crippen LogP contribution in [0.5, 0.6) is 0 Å². The number of ether oxygens (including phenoxy) is 2. The van der Waals surface area contributed by atoms with Crippen LogP contribution < -0.4 is 0 Å². The first-order chi connectivity index (χ1) is 13.3. The Balaban J connectivity index is 2.48. The van der Waals surface area contributed by atoms with Gasteiger partial charge in [-0.2, -0.15) is 0 Å². The fraction of sp³-hybridized carbons (Fsp3) is 1.00. The van der Waals surface area contributed by atoms with Crippen molar-refractivity contribution in [2.45, 2.75) is 97.1 Å². The number of rotatable bonds is 21. The smallest absolute Gasteiger partial charge is 0.379 e. The van der Waals surface area contributed by atoms with Gasteiger partial charge in [-0.3, -0.25) is 0 Å². The molecule has 27 heavy (non-hydrogen) atoms. The van der Waals surface area contributed by atoms with Crippen molar-refractivity contribution in [2.75, 3.05) is 39.6 Å². The minimum atomic E-state index is -2.62. The second-order valence-corrected chi connectivity index (χ2v) is 10.2. The monoisotopic (exact) mass is 404 g/mol. The van der Waals surface area contributed by atoms with Gasteiger partial charge in [-0.05, 0) is 25.7 Å². The summed E-state index contributed by atoms with van der Waals surface area (Å²) < 4.78 is 29.9. The molecule has 0 amide bonds. The number of epoxide rings is 1. The maximum Gasteiger partial charge on any atom is 0.501 e. The summed E-state index contributed by atoms with van der Waals surface area (Å²) in [6.45, 7) is 11.2. The highest BCUT2D eigenvalue weighted by Gasteiger charge is 2.40. The molecule has 1 atom stereocenters. The van der Waals surface area contributed by atoms with E-state index >= 15 is 0 Å². The molecule has 0 bridgehead atoms. The van der Waals surface area contributed by atoms with E-state index in [2.05, 4.69) is 20.8 Å². The Bertz CT molecular complexity index is 294. The average molecular weight is 405 g/mol. The molecular formula is C21H44O5Si. The lowest BCUT2D eigenvalue weighted by molar-refractivity contribution is 0.0507. The van der Waals surface area contributed by atoms with Crippen molar-refractivity contribution in [1.82, 2.24) is 0 Å². The molecule has 162 valence electrons. The third-order valence-electron chi connectivity index (χ3n) is 4.69. The van der Waals surface area contributed by atoms with E-state index in [4.69, 9.17) is 22.8 Å². The van der Waals surface area contributed by atoms with Gasteiger partial charge in [-0.15, -0.1) is 0 Å². The van der Waals surface area contributed by atoms with Crippen LogP contribution in [-0.2, 0) is 22.8 Å². The molecule has 1 aliphatic rings. The molecule has 1 heterocycles. The zero-order chi connectivity index (χ0) is 19.6. The van der Waals surface area contributed by atoms with E-state index in [1.807, 2.05) is 0 Å². The fourth-order valence-electron chi connectivity index (χ4n) is 2.85. The minimum Gasteiger partial charge on any atom is -0.379 e. The van der Waals surface area contributed by atoms with Crippen LogP contribution >= 0.6 is 0 Å². The Labute approximate surface area is 168 Å². The molecule has 1 fully saturated rings. The van der Waals surface area contributed by atoms with Gasteiger partial charge in [0.15, 0.2) is 0 Å². The summed E-state index contributed by atoms with van der Waals surface area (Å²) in [4.78, 5) is 0. The Hall–Kier alpha value is 0.0169. The summed E-state index contributed by atoms with van der Waals surface area (Å²) in [5.74, 6) is 0. The van der Waals surface area contributed by atoms with Gasteiger partial charge in [0.1, 0.15) is 6.10 Å². The summed E-state index contributed by atoms with van der Waals surface area (Å²) in [6, 6.07) is 0.850. The highest BCUT2D eigenvalue weighted by molar-refractivity contribution is 6.60. The van der Waals surface area contributed by atoms with Crippen LogP contribution in [-0.4, -0.2) is 54.5 Å². The first-order valence-corrected chi connectivity index (χ1v) is 13.3. The molecule has 6 heteroatoms. The second kappa shape index (κ2) is 16.9. The Morgan fingerprint density at radius 3 is 1.59 bits per heavy atom. The van der Waals surface area contributed by atoms with Crippen molar-refractivity contribution in [1.29, 1.82) is 0 Å². The molecule has 1 rings (SSSR count). The standard InChI is InChI=1S/C21H44O5Si/c1-4-7-10-15-24-27(25-16-11-8-5-2,26-17-12-9-6-3)18-13-14-22-19-21-20-23-21/h21H,4-20H2,1-3H3. The Morgan fingerprint density at radius 2 is 1.19 bits per heavy atom. The third-order valence-corrected chi connectivity index (χ3v) is 7.59. The Kier molecular flexibility index (Phi) is 15.7. The van der Waals surface area contributed by atoms with Gasteiger partial charge >= 0.3 is 8.80 Å². The maximum atomic E-state index is 6.35. The van der Waals surface area contributed by atoms with Crippen molar-refractivity contribution >= 4 is 8.80 Å². The van der Waals surface area contributed by atoms with Crippen molar-refractivity contribution < 1.29 is 22.8 Å². The molecule has 0 aromatic carbocycles. The zero-order valence-corrected chi connectivity index (χ0v) is 19.1. The topological polar surface area (TPSA) is 49.5 Å². The van der Waals surface area contributed by atoms with E-state index in [-0.39, 0.29) is 0 Å². The lowest BCUT2D eigenvalue weighted by Crippen LogP contribution is -2.47. The third kappa shape index (κ3) is 13.8. The van der Waals surface area contributed by atoms with E-state index in [9.17, 15) is 0 Å². The molecule has 1 saturated heterocycles. The van der Waals surface area contributed by atoms with Crippen LogP contribution in [0.3, 0.4) is 0 Å². The highest BCUT2D eigenvalue weighted by Crippen LogP contribution is 2.21. The van der Waals surface area contributed by atoms with Crippen molar-refractivity contribution in [3.8, 4) is 0 Å². The predicted molar refractivity (Wildman–Crippen MR) is 112 cm³/mol. The van der Waals surface area contributed by atoms with E-state index in [1.165, 1.54) is 38.5 Å². The lowest BCUT2D eigenvalue weighted by Gasteiger charge is -2.30. The summed E-state index contributed by atoms with van der Waals surface area (Å²) >= 11 is 0. The first kappa shape index (κ1) is 25.1. The summed E-state index contributed by atoms with van der Waals surface area (Å²) in [6.07, 6.45) is 11.7. The van der Waals surface area contributed by atoms with Crippen LogP contribution in [0.2, 0.25) is 6.04 Å². The minimum absolute atomic E-state index is 0.327. The van der Waals surface area contributed by atoms with Crippen molar-refractivity contribution in [3.05, 3.63) is 0 Å². The largest absolute Gasteiger partial charge is 0.501 e. The van der Waals surface area contributed by atoms with Gasteiger partial charge in [0.05, 0.1) is 13.2 Å². The van der Waals surface area contributed by atoms with Crippen LogP contribution in [0, 0.1) is 0 Å². The first-order valence-electron chi connectivity index (χ1n) is 11.4. The molecule has 1 aliphatic heterocycles. The molecule has 0 N–H and O–H groups in total. The van der Waals surface area contributed by atoms with Gasteiger partial charge in [0, 0.05) is 32.5 Å². The summed E-state index contributed by atoms with van der Waals surface area (Å²) in [5, 5.41) is 0. The Morgan fingerprint density at radius 1 is 0.704 bits per heavy atom.